The van der Waals surface area contributed by atoms with Crippen molar-refractivity contribution < 1.29 is 27.9 Å². The molecule has 1 heterocycles. The number of alkyl halides is 3. The number of nitrogens with one attached hydrogen (secondary N) is 2. The summed E-state index contributed by atoms with van der Waals surface area (Å²) in [6, 6.07) is 18.9. The molecule has 0 bridgehead atoms. The monoisotopic (exact) mass is 472 g/mol. The third-order valence-corrected chi connectivity index (χ3v) is 5.06. The number of carbonyl (C=O) groups is 2. The van der Waals surface area contributed by atoms with Gasteiger partial charge in [0.25, 0.3) is 0 Å². The zero-order valence-electron chi connectivity index (χ0n) is 18.1. The van der Waals surface area contributed by atoms with E-state index in [1.54, 1.807) is 12.1 Å². The maximum atomic E-state index is 12.4. The molecule has 0 unspecified atom stereocenters. The van der Waals surface area contributed by atoms with Crippen LogP contribution in [0.5, 0.6) is 0 Å². The summed E-state index contributed by atoms with van der Waals surface area (Å²) < 4.78 is 31.7. The molecular weight excluding hydrogens is 449 g/mol. The van der Waals surface area contributed by atoms with Crippen LogP contribution in [0.25, 0.3) is 11.1 Å². The molecular formula is C24H23F3N4O3. The van der Waals surface area contributed by atoms with Crippen LogP contribution < -0.4 is 10.6 Å². The van der Waals surface area contributed by atoms with Gasteiger partial charge in [0.15, 0.2) is 0 Å². The highest BCUT2D eigenvalue weighted by molar-refractivity contribution is 5.82. The molecule has 0 saturated carbocycles. The third kappa shape index (κ3) is 8.23. The van der Waals surface area contributed by atoms with Gasteiger partial charge in [-0.25, -0.2) is 4.79 Å². The number of carboxylic acids is 1. The van der Waals surface area contributed by atoms with Gasteiger partial charge in [0.05, 0.1) is 23.7 Å². The molecule has 2 aromatic rings. The van der Waals surface area contributed by atoms with Gasteiger partial charge in [0.2, 0.25) is 5.91 Å². The van der Waals surface area contributed by atoms with E-state index in [-0.39, 0.29) is 11.9 Å². The van der Waals surface area contributed by atoms with Crippen molar-refractivity contribution in [2.75, 3.05) is 6.54 Å². The first-order valence-electron chi connectivity index (χ1n) is 10.5. The molecule has 2 atom stereocenters. The van der Waals surface area contributed by atoms with Crippen LogP contribution in [0.4, 0.5) is 13.2 Å². The zero-order chi connectivity index (χ0) is 25.1. The molecule has 10 heteroatoms. The standard InChI is InChI=1S/C22H22N4O.C2HF3O2/c23-14-16-7-9-18(10-8-16)19-5-3-4-17(12-19)13-20(15-24)26-22(27)21-6-1-2-11-25-21;3-2(4,5)1(6)7/h3-5,7-10,12,20-21,25H,1-2,6,11,13H2,(H,26,27);(H,6,7)/t20-,21-;/m0./s1. The lowest BCUT2D eigenvalue weighted by molar-refractivity contribution is -0.192. The Bertz CT molecular complexity index is 1070. The van der Waals surface area contributed by atoms with E-state index in [2.05, 4.69) is 22.8 Å². The summed E-state index contributed by atoms with van der Waals surface area (Å²) in [6.07, 6.45) is -1.68. The van der Waals surface area contributed by atoms with E-state index in [0.29, 0.717) is 12.0 Å². The molecule has 1 amide bonds. The predicted molar refractivity (Wildman–Crippen MR) is 117 cm³/mol. The van der Waals surface area contributed by atoms with E-state index >= 15 is 0 Å². The number of piperidine rings is 1. The molecule has 0 radical (unpaired) electrons. The molecule has 1 aliphatic heterocycles. The van der Waals surface area contributed by atoms with Crippen molar-refractivity contribution in [3.8, 4) is 23.3 Å². The van der Waals surface area contributed by atoms with Crippen LogP contribution in [-0.2, 0) is 16.0 Å². The SMILES string of the molecule is N#Cc1ccc(-c2cccc(C[C@@H](C#N)NC(=O)[C@@H]3CCCCN3)c2)cc1.O=C(O)C(F)(F)F. The highest BCUT2D eigenvalue weighted by Crippen LogP contribution is 2.21. The zero-order valence-corrected chi connectivity index (χ0v) is 18.1. The molecule has 1 fully saturated rings. The number of rotatable bonds is 5. The Morgan fingerprint density at radius 3 is 2.32 bits per heavy atom. The van der Waals surface area contributed by atoms with Gasteiger partial charge in [-0.05, 0) is 48.2 Å². The van der Waals surface area contributed by atoms with Crippen molar-refractivity contribution in [2.45, 2.75) is 43.9 Å². The van der Waals surface area contributed by atoms with Gasteiger partial charge in [0, 0.05) is 6.42 Å². The predicted octanol–water partition coefficient (Wildman–Crippen LogP) is 3.55. The molecule has 3 N–H and O–H groups in total. The molecule has 2 aromatic carbocycles. The van der Waals surface area contributed by atoms with Crippen LogP contribution in [0.3, 0.4) is 0 Å². The van der Waals surface area contributed by atoms with E-state index in [0.717, 1.165) is 42.5 Å². The molecule has 34 heavy (non-hydrogen) atoms. The number of hydrogen-bond acceptors (Lipinski definition) is 5. The molecule has 1 saturated heterocycles. The highest BCUT2D eigenvalue weighted by Gasteiger charge is 2.38. The normalized spacial score (nSPS) is 16.1. The maximum absolute atomic E-state index is 12.4. The average molecular weight is 472 g/mol. The van der Waals surface area contributed by atoms with Crippen molar-refractivity contribution in [3.05, 3.63) is 59.7 Å². The molecule has 178 valence electrons. The Labute approximate surface area is 194 Å². The highest BCUT2D eigenvalue weighted by atomic mass is 19.4. The summed E-state index contributed by atoms with van der Waals surface area (Å²) in [5.41, 5.74) is 3.65. The molecule has 0 spiro atoms. The molecule has 0 aliphatic carbocycles. The van der Waals surface area contributed by atoms with Gasteiger partial charge >= 0.3 is 12.1 Å². The summed E-state index contributed by atoms with van der Waals surface area (Å²) in [7, 11) is 0. The van der Waals surface area contributed by atoms with Crippen LogP contribution in [0, 0.1) is 22.7 Å². The number of aliphatic carboxylic acids is 1. The number of hydrogen-bond donors (Lipinski definition) is 3. The van der Waals surface area contributed by atoms with Crippen molar-refractivity contribution in [2.24, 2.45) is 0 Å². The maximum Gasteiger partial charge on any atom is 0.490 e. The van der Waals surface area contributed by atoms with E-state index in [1.807, 2.05) is 36.4 Å². The largest absolute Gasteiger partial charge is 0.490 e. The van der Waals surface area contributed by atoms with E-state index < -0.39 is 18.2 Å². The van der Waals surface area contributed by atoms with Gasteiger partial charge in [-0.2, -0.15) is 23.7 Å². The van der Waals surface area contributed by atoms with Crippen LogP contribution in [0.1, 0.15) is 30.4 Å². The Morgan fingerprint density at radius 2 is 1.79 bits per heavy atom. The van der Waals surface area contributed by atoms with Crippen molar-refractivity contribution in [1.29, 1.82) is 10.5 Å². The van der Waals surface area contributed by atoms with Crippen molar-refractivity contribution in [1.82, 2.24) is 10.6 Å². The lowest BCUT2D eigenvalue weighted by Gasteiger charge is -2.24. The third-order valence-electron chi connectivity index (χ3n) is 5.06. The van der Waals surface area contributed by atoms with Crippen LogP contribution in [0.2, 0.25) is 0 Å². The summed E-state index contributed by atoms with van der Waals surface area (Å²) >= 11 is 0. The fourth-order valence-corrected chi connectivity index (χ4v) is 3.33. The van der Waals surface area contributed by atoms with Gasteiger partial charge < -0.3 is 15.7 Å². The first-order chi connectivity index (χ1) is 16.1. The number of amides is 1. The first-order valence-corrected chi connectivity index (χ1v) is 10.5. The second kappa shape index (κ2) is 12.4. The topological polar surface area (TPSA) is 126 Å². The number of nitrogens with zero attached hydrogens (tertiary/aromatic N) is 2. The quantitative estimate of drug-likeness (QED) is 0.611. The van der Waals surface area contributed by atoms with E-state index in [1.165, 1.54) is 0 Å². The second-order valence-corrected chi connectivity index (χ2v) is 7.59. The number of nitriles is 2. The second-order valence-electron chi connectivity index (χ2n) is 7.59. The number of carboxylic acid groups (broad SMARTS) is 1. The van der Waals surface area contributed by atoms with E-state index in [4.69, 9.17) is 15.2 Å². The first kappa shape index (κ1) is 26.4. The summed E-state index contributed by atoms with van der Waals surface area (Å²) in [6.45, 7) is 0.849. The Balaban J connectivity index is 0.000000509. The minimum absolute atomic E-state index is 0.0931. The average Bonchev–Trinajstić information content (AvgIpc) is 2.84. The van der Waals surface area contributed by atoms with Gasteiger partial charge in [-0.3, -0.25) is 4.79 Å². The van der Waals surface area contributed by atoms with Gasteiger partial charge in [-0.15, -0.1) is 0 Å². The minimum atomic E-state index is -5.08. The van der Waals surface area contributed by atoms with Crippen molar-refractivity contribution >= 4 is 11.9 Å². The molecule has 7 nitrogen and oxygen atoms in total. The number of halogens is 3. The lowest BCUT2D eigenvalue weighted by atomic mass is 9.98. The summed E-state index contributed by atoms with van der Waals surface area (Å²) in [4.78, 5) is 21.3. The summed E-state index contributed by atoms with van der Waals surface area (Å²) in [5, 5.41) is 31.6. The molecule has 1 aliphatic rings. The Kier molecular flexibility index (Phi) is 9.60. The number of benzene rings is 2. The van der Waals surface area contributed by atoms with Crippen LogP contribution >= 0.6 is 0 Å². The fourth-order valence-electron chi connectivity index (χ4n) is 3.33. The smallest absolute Gasteiger partial charge is 0.475 e. The van der Waals surface area contributed by atoms with Crippen LogP contribution in [0.15, 0.2) is 48.5 Å². The molecule has 3 rings (SSSR count). The Morgan fingerprint density at radius 1 is 1.12 bits per heavy atom. The molecule has 0 aromatic heterocycles. The van der Waals surface area contributed by atoms with Crippen molar-refractivity contribution in [3.63, 3.8) is 0 Å². The lowest BCUT2D eigenvalue weighted by Crippen LogP contribution is -2.49. The van der Waals surface area contributed by atoms with E-state index in [9.17, 15) is 23.2 Å². The number of carbonyl (C=O) groups excluding carboxylic acids is 1. The van der Waals surface area contributed by atoms with Gasteiger partial charge in [0.1, 0.15) is 6.04 Å². The Hall–Kier alpha value is -3.89. The fraction of sp³-hybridized carbons (Fsp3) is 0.333. The minimum Gasteiger partial charge on any atom is -0.475 e. The summed E-state index contributed by atoms with van der Waals surface area (Å²) in [5.74, 6) is -2.85. The van der Waals surface area contributed by atoms with Gasteiger partial charge in [-0.1, -0.05) is 42.8 Å². The van der Waals surface area contributed by atoms with Crippen LogP contribution in [-0.4, -0.2) is 41.8 Å².